The summed E-state index contributed by atoms with van der Waals surface area (Å²) in [5, 5.41) is 3.01. The third-order valence-electron chi connectivity index (χ3n) is 4.35. The van der Waals surface area contributed by atoms with Crippen LogP contribution < -0.4 is 10.2 Å². The maximum Gasteiger partial charge on any atom is 0.340 e. The van der Waals surface area contributed by atoms with Gasteiger partial charge in [0.15, 0.2) is 0 Å². The molecule has 1 aliphatic heterocycles. The van der Waals surface area contributed by atoms with Crippen molar-refractivity contribution in [1.82, 2.24) is 0 Å². The summed E-state index contributed by atoms with van der Waals surface area (Å²) in [5.74, 6) is -0.854. The molecule has 7 heteroatoms. The van der Waals surface area contributed by atoms with E-state index in [1.807, 2.05) is 24.3 Å². The van der Waals surface area contributed by atoms with Crippen LogP contribution in [0.15, 0.2) is 48.5 Å². The Morgan fingerprint density at radius 3 is 2.57 bits per heavy atom. The summed E-state index contributed by atoms with van der Waals surface area (Å²) in [6, 6.07) is 11.9. The fourth-order valence-corrected chi connectivity index (χ4v) is 3.11. The van der Waals surface area contributed by atoms with Gasteiger partial charge in [0.2, 0.25) is 11.8 Å². The first-order chi connectivity index (χ1) is 13.5. The first kappa shape index (κ1) is 19.6. The van der Waals surface area contributed by atoms with Gasteiger partial charge in [-0.1, -0.05) is 23.7 Å². The van der Waals surface area contributed by atoms with Crippen molar-refractivity contribution in [3.05, 3.63) is 64.7 Å². The Bertz CT molecular complexity index is 938. The van der Waals surface area contributed by atoms with Crippen molar-refractivity contribution in [2.24, 2.45) is 0 Å². The van der Waals surface area contributed by atoms with Gasteiger partial charge in [-0.15, -0.1) is 0 Å². The zero-order chi connectivity index (χ0) is 20.1. The highest BCUT2D eigenvalue weighted by Gasteiger charge is 2.21. The molecule has 1 N–H and O–H groups in total. The Labute approximate surface area is 167 Å². The van der Waals surface area contributed by atoms with Gasteiger partial charge in [0, 0.05) is 29.8 Å². The average molecular weight is 399 g/mol. The fraction of sp³-hybridized carbons (Fsp3) is 0.190. The summed E-state index contributed by atoms with van der Waals surface area (Å²) in [6.07, 6.45) is 4.48. The van der Waals surface area contributed by atoms with Crippen molar-refractivity contribution < 1.29 is 19.1 Å². The fourth-order valence-electron chi connectivity index (χ4n) is 2.94. The molecule has 3 rings (SSSR count). The number of hydrogen-bond acceptors (Lipinski definition) is 4. The predicted molar refractivity (Wildman–Crippen MR) is 108 cm³/mol. The molecule has 0 saturated carbocycles. The third-order valence-corrected chi connectivity index (χ3v) is 4.59. The molecule has 2 aromatic rings. The third kappa shape index (κ3) is 4.58. The van der Waals surface area contributed by atoms with E-state index in [1.165, 1.54) is 19.3 Å². The van der Waals surface area contributed by atoms with Crippen LogP contribution in [0.2, 0.25) is 5.02 Å². The van der Waals surface area contributed by atoms with Gasteiger partial charge in [0.05, 0.1) is 18.4 Å². The van der Waals surface area contributed by atoms with E-state index in [0.29, 0.717) is 17.1 Å². The average Bonchev–Trinajstić information content (AvgIpc) is 3.13. The second-order valence-corrected chi connectivity index (χ2v) is 6.68. The largest absolute Gasteiger partial charge is 0.465 e. The monoisotopic (exact) mass is 398 g/mol. The van der Waals surface area contributed by atoms with Crippen LogP contribution in [0, 0.1) is 0 Å². The van der Waals surface area contributed by atoms with Gasteiger partial charge in [-0.3, -0.25) is 9.59 Å². The van der Waals surface area contributed by atoms with E-state index < -0.39 is 11.9 Å². The van der Waals surface area contributed by atoms with Gasteiger partial charge in [0.25, 0.3) is 0 Å². The van der Waals surface area contributed by atoms with Crippen molar-refractivity contribution in [1.29, 1.82) is 0 Å². The molecule has 0 aliphatic carbocycles. The van der Waals surface area contributed by atoms with Crippen LogP contribution in [0.5, 0.6) is 0 Å². The Morgan fingerprint density at radius 1 is 1.18 bits per heavy atom. The van der Waals surface area contributed by atoms with Crippen molar-refractivity contribution in [2.45, 2.75) is 12.8 Å². The summed E-state index contributed by atoms with van der Waals surface area (Å²) in [6.45, 7) is 0.736. The molecule has 2 aromatic carbocycles. The van der Waals surface area contributed by atoms with Crippen LogP contribution in [0.3, 0.4) is 0 Å². The number of rotatable bonds is 5. The van der Waals surface area contributed by atoms with E-state index in [0.717, 1.165) is 24.2 Å². The molecule has 0 atom stereocenters. The molecule has 144 valence electrons. The number of benzene rings is 2. The van der Waals surface area contributed by atoms with Crippen LogP contribution in [0.1, 0.15) is 28.8 Å². The summed E-state index contributed by atoms with van der Waals surface area (Å²) in [5.41, 5.74) is 2.16. The van der Waals surface area contributed by atoms with E-state index in [2.05, 4.69) is 5.32 Å². The number of nitrogens with zero attached hydrogens (tertiary/aromatic N) is 1. The van der Waals surface area contributed by atoms with Crippen LogP contribution in [0.25, 0.3) is 6.08 Å². The maximum atomic E-state index is 12.2. The van der Waals surface area contributed by atoms with E-state index in [-0.39, 0.29) is 11.5 Å². The second kappa shape index (κ2) is 8.71. The summed E-state index contributed by atoms with van der Waals surface area (Å²) in [7, 11) is 1.26. The molecule has 2 amide bonds. The maximum absolute atomic E-state index is 12.2. The van der Waals surface area contributed by atoms with Crippen LogP contribution in [-0.2, 0) is 14.3 Å². The van der Waals surface area contributed by atoms with Crippen LogP contribution in [0.4, 0.5) is 11.4 Å². The molecule has 1 fully saturated rings. The summed E-state index contributed by atoms with van der Waals surface area (Å²) >= 11 is 5.91. The predicted octanol–water partition coefficient (Wildman–Crippen LogP) is 3.91. The molecular weight excluding hydrogens is 380 g/mol. The highest BCUT2D eigenvalue weighted by atomic mass is 35.5. The first-order valence-corrected chi connectivity index (χ1v) is 9.13. The molecule has 0 aromatic heterocycles. The van der Waals surface area contributed by atoms with Crippen molar-refractivity contribution in [3.63, 3.8) is 0 Å². The minimum atomic E-state index is -0.589. The molecule has 0 spiro atoms. The van der Waals surface area contributed by atoms with Crippen LogP contribution >= 0.6 is 11.6 Å². The van der Waals surface area contributed by atoms with Crippen molar-refractivity contribution >= 4 is 46.8 Å². The number of halogens is 1. The lowest BCUT2D eigenvalue weighted by Crippen LogP contribution is -2.23. The number of anilines is 2. The van der Waals surface area contributed by atoms with E-state index >= 15 is 0 Å². The number of nitrogens with one attached hydrogen (secondary N) is 1. The van der Waals surface area contributed by atoms with Crippen molar-refractivity contribution in [3.8, 4) is 0 Å². The number of hydrogen-bond donors (Lipinski definition) is 1. The minimum absolute atomic E-state index is 0.132. The van der Waals surface area contributed by atoms with E-state index in [9.17, 15) is 14.4 Å². The van der Waals surface area contributed by atoms with E-state index in [1.54, 1.807) is 23.1 Å². The lowest BCUT2D eigenvalue weighted by atomic mass is 10.1. The number of ether oxygens (including phenoxy) is 1. The molecule has 0 radical (unpaired) electrons. The molecule has 0 bridgehead atoms. The minimum Gasteiger partial charge on any atom is -0.465 e. The van der Waals surface area contributed by atoms with Crippen LogP contribution in [-0.4, -0.2) is 31.4 Å². The topological polar surface area (TPSA) is 75.7 Å². The molecule has 1 heterocycles. The standard InChI is InChI=1S/C21H19ClN2O4/c1-28-21(27)17-13-15(22)7-10-18(17)23-19(25)11-6-14-4-8-16(9-5-14)24-12-2-3-20(24)26/h4-11,13H,2-3,12H2,1H3,(H,23,25)/b11-6-. The molecule has 1 saturated heterocycles. The zero-order valence-corrected chi connectivity index (χ0v) is 16.0. The quantitative estimate of drug-likeness (QED) is 0.612. The normalized spacial score (nSPS) is 13.8. The lowest BCUT2D eigenvalue weighted by Gasteiger charge is -2.15. The van der Waals surface area contributed by atoms with Gasteiger partial charge in [-0.25, -0.2) is 4.79 Å². The van der Waals surface area contributed by atoms with Gasteiger partial charge >= 0.3 is 5.97 Å². The number of esters is 1. The van der Waals surface area contributed by atoms with Crippen molar-refractivity contribution in [2.75, 3.05) is 23.9 Å². The summed E-state index contributed by atoms with van der Waals surface area (Å²) in [4.78, 5) is 37.6. The molecule has 28 heavy (non-hydrogen) atoms. The number of methoxy groups -OCH3 is 1. The molecule has 6 nitrogen and oxygen atoms in total. The second-order valence-electron chi connectivity index (χ2n) is 6.24. The molecule has 0 unspecified atom stereocenters. The van der Waals surface area contributed by atoms with Gasteiger partial charge in [-0.05, 0) is 48.4 Å². The van der Waals surface area contributed by atoms with Gasteiger partial charge in [-0.2, -0.15) is 0 Å². The zero-order valence-electron chi connectivity index (χ0n) is 15.3. The molecular formula is C21H19ClN2O4. The first-order valence-electron chi connectivity index (χ1n) is 8.75. The smallest absolute Gasteiger partial charge is 0.340 e. The highest BCUT2D eigenvalue weighted by Crippen LogP contribution is 2.23. The Hall–Kier alpha value is -3.12. The number of carbonyl (C=O) groups is 3. The van der Waals surface area contributed by atoms with Gasteiger partial charge in [0.1, 0.15) is 0 Å². The number of amides is 2. The van der Waals surface area contributed by atoms with E-state index in [4.69, 9.17) is 16.3 Å². The number of carbonyl (C=O) groups excluding carboxylic acids is 3. The molecule has 1 aliphatic rings. The Balaban J connectivity index is 1.67. The SMILES string of the molecule is COC(=O)c1cc(Cl)ccc1NC(=O)/C=C\c1ccc(N2CCCC2=O)cc1. The summed E-state index contributed by atoms with van der Waals surface area (Å²) < 4.78 is 4.71. The lowest BCUT2D eigenvalue weighted by molar-refractivity contribution is -0.117. The van der Waals surface area contributed by atoms with Gasteiger partial charge < -0.3 is 15.0 Å². The highest BCUT2D eigenvalue weighted by molar-refractivity contribution is 6.31. The Kier molecular flexibility index (Phi) is 6.11. The Morgan fingerprint density at radius 2 is 1.93 bits per heavy atom.